The van der Waals surface area contributed by atoms with Crippen molar-refractivity contribution < 1.29 is 0 Å². The van der Waals surface area contributed by atoms with Crippen LogP contribution in [0.5, 0.6) is 0 Å². The predicted octanol–water partition coefficient (Wildman–Crippen LogP) is 3.45. The molecule has 0 aliphatic carbocycles. The van der Waals surface area contributed by atoms with Gasteiger partial charge in [0.05, 0.1) is 11.7 Å². The molecule has 0 amide bonds. The maximum atomic E-state index is 6.05. The number of anilines is 1. The molecule has 0 bridgehead atoms. The molecule has 3 heterocycles. The molecule has 0 atom stereocenters. The molecule has 1 aliphatic heterocycles. The number of halogens is 1. The molecule has 2 aromatic rings. The number of aromatic nitrogens is 3. The van der Waals surface area contributed by atoms with Gasteiger partial charge in [-0.15, -0.1) is 0 Å². The molecule has 3 rings (SSSR count). The molecule has 25 heavy (non-hydrogen) atoms. The summed E-state index contributed by atoms with van der Waals surface area (Å²) in [5, 5.41) is 8.19. The van der Waals surface area contributed by atoms with E-state index in [9.17, 15) is 0 Å². The summed E-state index contributed by atoms with van der Waals surface area (Å²) in [5.41, 5.74) is 0.849. The number of fused-ring (bicyclic) bond motifs is 1. The Labute approximate surface area is 159 Å². The second-order valence-electron chi connectivity index (χ2n) is 5.46. The van der Waals surface area contributed by atoms with Gasteiger partial charge in [0.2, 0.25) is 0 Å². The van der Waals surface area contributed by atoms with Gasteiger partial charge in [-0.2, -0.15) is 0 Å². The van der Waals surface area contributed by atoms with Gasteiger partial charge in [0.1, 0.15) is 16.8 Å². The summed E-state index contributed by atoms with van der Waals surface area (Å²) in [7, 11) is 1.92. The third kappa shape index (κ3) is 5.67. The van der Waals surface area contributed by atoms with Gasteiger partial charge in [-0.25, -0.2) is 15.0 Å². The number of piperidine rings is 1. The van der Waals surface area contributed by atoms with Gasteiger partial charge in [-0.1, -0.05) is 37.4 Å². The van der Waals surface area contributed by atoms with E-state index in [4.69, 9.17) is 21.6 Å². The Hall–Kier alpha value is -1.15. The van der Waals surface area contributed by atoms with E-state index in [2.05, 4.69) is 20.3 Å². The third-order valence-electron chi connectivity index (χ3n) is 3.91. The van der Waals surface area contributed by atoms with Crippen LogP contribution in [0.15, 0.2) is 12.3 Å². The molecule has 2 aromatic heterocycles. The lowest BCUT2D eigenvalue weighted by Crippen LogP contribution is -2.27. The maximum absolute atomic E-state index is 6.05. The number of rotatable bonds is 6. The number of hydrogen-bond donors (Lipinski definition) is 3. The molecule has 1 aliphatic rings. The van der Waals surface area contributed by atoms with Crippen molar-refractivity contribution in [2.75, 3.05) is 37.8 Å². The van der Waals surface area contributed by atoms with E-state index >= 15 is 0 Å². The zero-order valence-corrected chi connectivity index (χ0v) is 16.7. The van der Waals surface area contributed by atoms with Crippen LogP contribution >= 0.6 is 23.5 Å². The lowest BCUT2D eigenvalue weighted by molar-refractivity contribution is 0.446. The van der Waals surface area contributed by atoms with E-state index < -0.39 is 0 Å². The topological polar surface area (TPSA) is 74.8 Å². The molecular formula is C17H27ClN6S. The molecule has 0 radical (unpaired) electrons. The first-order chi connectivity index (χ1) is 12.3. The normalized spacial score (nSPS) is 14.9. The Bertz CT molecular complexity index is 663. The highest BCUT2D eigenvalue weighted by Crippen LogP contribution is 2.28. The number of nitrogens with zero attached hydrogens (tertiary/aromatic N) is 3. The maximum Gasteiger partial charge on any atom is 0.137 e. The number of hydrogen-bond acceptors (Lipinski definition) is 7. The molecule has 0 spiro atoms. The monoisotopic (exact) mass is 382 g/mol. The summed E-state index contributed by atoms with van der Waals surface area (Å²) in [4.78, 5) is 13.7. The van der Waals surface area contributed by atoms with Crippen LogP contribution < -0.4 is 15.4 Å². The third-order valence-corrected chi connectivity index (χ3v) is 4.81. The molecule has 1 saturated heterocycles. The van der Waals surface area contributed by atoms with E-state index in [1.165, 1.54) is 0 Å². The summed E-state index contributed by atoms with van der Waals surface area (Å²) < 4.78 is 3.07. The first kappa shape index (κ1) is 20.2. The predicted molar refractivity (Wildman–Crippen MR) is 109 cm³/mol. The standard InChI is InChI=1S/C15H21ClN6S.C2H6/c1-17-23-7-6-19-15-11-8-13(16)20-9-12(11)21-14(22-15)10-2-4-18-5-3-10;1-2/h8-10,17-18H,2-7H2,1H3,(H,19,21,22);1-2H3. The average molecular weight is 383 g/mol. The quantitative estimate of drug-likeness (QED) is 0.401. The molecule has 0 aromatic carbocycles. The van der Waals surface area contributed by atoms with Crippen molar-refractivity contribution in [1.29, 1.82) is 0 Å². The van der Waals surface area contributed by atoms with Crippen molar-refractivity contribution in [3.63, 3.8) is 0 Å². The van der Waals surface area contributed by atoms with Gasteiger partial charge in [-0.3, -0.25) is 4.72 Å². The van der Waals surface area contributed by atoms with E-state index in [1.807, 2.05) is 27.0 Å². The van der Waals surface area contributed by atoms with Crippen molar-refractivity contribution in [2.24, 2.45) is 0 Å². The van der Waals surface area contributed by atoms with Crippen LogP contribution in [0.2, 0.25) is 5.15 Å². The average Bonchev–Trinajstić information content (AvgIpc) is 2.67. The van der Waals surface area contributed by atoms with Gasteiger partial charge < -0.3 is 10.6 Å². The highest BCUT2D eigenvalue weighted by molar-refractivity contribution is 7.97. The minimum Gasteiger partial charge on any atom is -0.369 e. The van der Waals surface area contributed by atoms with E-state index in [0.29, 0.717) is 11.1 Å². The van der Waals surface area contributed by atoms with Crippen LogP contribution in [0.3, 0.4) is 0 Å². The molecule has 8 heteroatoms. The Kier molecular flexibility index (Phi) is 8.67. The van der Waals surface area contributed by atoms with Gasteiger partial charge >= 0.3 is 0 Å². The SMILES string of the molecule is CC.CNSCCNc1nc(C2CCNCC2)nc2cnc(Cl)cc12. The molecule has 1 fully saturated rings. The Morgan fingerprint density at radius 2 is 2.04 bits per heavy atom. The van der Waals surface area contributed by atoms with Crippen LogP contribution in [0.25, 0.3) is 10.9 Å². The van der Waals surface area contributed by atoms with E-state index in [0.717, 1.165) is 60.8 Å². The van der Waals surface area contributed by atoms with Crippen molar-refractivity contribution in [3.8, 4) is 0 Å². The van der Waals surface area contributed by atoms with Crippen molar-refractivity contribution in [2.45, 2.75) is 32.6 Å². The lowest BCUT2D eigenvalue weighted by Gasteiger charge is -2.22. The van der Waals surface area contributed by atoms with Gasteiger partial charge in [0, 0.05) is 23.6 Å². The van der Waals surface area contributed by atoms with Crippen LogP contribution in [-0.2, 0) is 0 Å². The fourth-order valence-corrected chi connectivity index (χ4v) is 3.31. The molecule has 138 valence electrons. The van der Waals surface area contributed by atoms with Gasteiger partial charge in [0.25, 0.3) is 0 Å². The summed E-state index contributed by atoms with van der Waals surface area (Å²) in [6.07, 6.45) is 3.88. The fraction of sp³-hybridized carbons (Fsp3) is 0.588. The first-order valence-electron chi connectivity index (χ1n) is 8.84. The number of nitrogens with one attached hydrogen (secondary N) is 3. The summed E-state index contributed by atoms with van der Waals surface area (Å²) in [6, 6.07) is 1.83. The zero-order chi connectivity index (χ0) is 18.1. The minimum atomic E-state index is 0.406. The minimum absolute atomic E-state index is 0.406. The van der Waals surface area contributed by atoms with Crippen LogP contribution in [0.4, 0.5) is 5.82 Å². The van der Waals surface area contributed by atoms with Crippen molar-refractivity contribution in [3.05, 3.63) is 23.2 Å². The molecule has 3 N–H and O–H groups in total. The molecule has 0 unspecified atom stereocenters. The Morgan fingerprint density at radius 1 is 1.28 bits per heavy atom. The second kappa shape index (κ2) is 10.8. The summed E-state index contributed by atoms with van der Waals surface area (Å²) in [5.74, 6) is 3.11. The molecule has 6 nitrogen and oxygen atoms in total. The zero-order valence-electron chi connectivity index (χ0n) is 15.1. The van der Waals surface area contributed by atoms with Crippen LogP contribution in [0.1, 0.15) is 38.4 Å². The summed E-state index contributed by atoms with van der Waals surface area (Å²) >= 11 is 7.71. The van der Waals surface area contributed by atoms with Gasteiger partial charge in [0.15, 0.2) is 0 Å². The Balaban J connectivity index is 0.00000109. The lowest BCUT2D eigenvalue weighted by atomic mass is 9.97. The van der Waals surface area contributed by atoms with Crippen LogP contribution in [0, 0.1) is 0 Å². The molecular weight excluding hydrogens is 356 g/mol. The van der Waals surface area contributed by atoms with Crippen LogP contribution in [-0.4, -0.2) is 47.4 Å². The largest absolute Gasteiger partial charge is 0.369 e. The van der Waals surface area contributed by atoms with Gasteiger partial charge in [-0.05, 0) is 39.0 Å². The van der Waals surface area contributed by atoms with Crippen molar-refractivity contribution >= 4 is 40.3 Å². The van der Waals surface area contributed by atoms with E-state index in [1.54, 1.807) is 18.1 Å². The smallest absolute Gasteiger partial charge is 0.137 e. The van der Waals surface area contributed by atoms with E-state index in [-0.39, 0.29) is 0 Å². The highest BCUT2D eigenvalue weighted by Gasteiger charge is 2.20. The van der Waals surface area contributed by atoms with Crippen molar-refractivity contribution in [1.82, 2.24) is 25.0 Å². The first-order valence-corrected chi connectivity index (χ1v) is 10.2. The summed E-state index contributed by atoms with van der Waals surface area (Å²) in [6.45, 7) is 6.86. The number of pyridine rings is 1. The molecule has 0 saturated carbocycles. The fourth-order valence-electron chi connectivity index (χ4n) is 2.74. The second-order valence-corrected chi connectivity index (χ2v) is 6.95. The Morgan fingerprint density at radius 3 is 2.76 bits per heavy atom. The highest BCUT2D eigenvalue weighted by atomic mass is 35.5.